The van der Waals surface area contributed by atoms with Crippen LogP contribution in [0.3, 0.4) is 0 Å². The summed E-state index contributed by atoms with van der Waals surface area (Å²) in [6.45, 7) is 1.73. The van der Waals surface area contributed by atoms with Gasteiger partial charge in [-0.2, -0.15) is 23.4 Å². The van der Waals surface area contributed by atoms with Crippen LogP contribution in [0.2, 0.25) is 0 Å². The molecule has 0 radical (unpaired) electrons. The highest BCUT2D eigenvalue weighted by atomic mass is 19.4. The number of imidazole rings is 1. The van der Waals surface area contributed by atoms with Crippen LogP contribution in [0.1, 0.15) is 11.4 Å². The lowest BCUT2D eigenvalue weighted by atomic mass is 10.1. The maximum atomic E-state index is 14.6. The maximum absolute atomic E-state index is 14.6. The fraction of sp³-hybridized carbons (Fsp3) is 0.235. The third kappa shape index (κ3) is 2.96. The molecule has 0 fully saturated rings. The van der Waals surface area contributed by atoms with Crippen LogP contribution >= 0.6 is 0 Å². The van der Waals surface area contributed by atoms with E-state index >= 15 is 0 Å². The number of aromatic nitrogens is 7. The molecular weight excluding hydrogens is 392 g/mol. The Balaban J connectivity index is 1.97. The second kappa shape index (κ2) is 6.50. The molecule has 1 N–H and O–H groups in total. The second-order valence-electron chi connectivity index (χ2n) is 6.21. The summed E-state index contributed by atoms with van der Waals surface area (Å²) in [7, 11) is 3.22. The molecule has 8 nitrogen and oxygen atoms in total. The van der Waals surface area contributed by atoms with Gasteiger partial charge in [0.05, 0.1) is 23.0 Å². The normalized spacial score (nSPS) is 12.0. The molecular formula is C17H14F4N8. The summed E-state index contributed by atoms with van der Waals surface area (Å²) in [6.07, 6.45) is -1.30. The number of nitrogens with one attached hydrogen (secondary N) is 1. The van der Waals surface area contributed by atoms with Crippen molar-refractivity contribution in [3.8, 4) is 22.6 Å². The average molecular weight is 406 g/mol. The van der Waals surface area contributed by atoms with Crippen LogP contribution in [-0.2, 0) is 13.2 Å². The van der Waals surface area contributed by atoms with Gasteiger partial charge in [0.1, 0.15) is 29.1 Å². The van der Waals surface area contributed by atoms with Crippen molar-refractivity contribution in [2.45, 2.75) is 13.1 Å². The highest BCUT2D eigenvalue weighted by molar-refractivity contribution is 5.91. The number of aryl methyl sites for hydroxylation is 2. The summed E-state index contributed by atoms with van der Waals surface area (Å²) in [4.78, 5) is 12.4. The largest absolute Gasteiger partial charge is 0.417 e. The van der Waals surface area contributed by atoms with Gasteiger partial charge in [-0.1, -0.05) is 0 Å². The van der Waals surface area contributed by atoms with E-state index in [1.165, 1.54) is 24.3 Å². The zero-order chi connectivity index (χ0) is 20.9. The van der Waals surface area contributed by atoms with Crippen molar-refractivity contribution in [2.24, 2.45) is 7.05 Å². The molecule has 0 atom stereocenters. The Morgan fingerprint density at radius 3 is 2.48 bits per heavy atom. The summed E-state index contributed by atoms with van der Waals surface area (Å²) in [5.74, 6) is -0.0918. The van der Waals surface area contributed by atoms with Gasteiger partial charge < -0.3 is 5.32 Å². The van der Waals surface area contributed by atoms with E-state index in [-0.39, 0.29) is 11.4 Å². The molecule has 0 saturated carbocycles. The van der Waals surface area contributed by atoms with Crippen molar-refractivity contribution in [1.82, 2.24) is 34.3 Å². The first kappa shape index (κ1) is 18.8. The van der Waals surface area contributed by atoms with Gasteiger partial charge in [0.2, 0.25) is 0 Å². The molecule has 150 valence electrons. The molecule has 0 aliphatic heterocycles. The Morgan fingerprint density at radius 2 is 1.83 bits per heavy atom. The molecule has 12 heteroatoms. The van der Waals surface area contributed by atoms with Crippen molar-refractivity contribution >= 4 is 11.3 Å². The first-order valence-electron chi connectivity index (χ1n) is 8.36. The molecule has 4 rings (SSSR count). The SMILES string of the molecule is CNc1ncnn2c(C)nc(-c3cnn(C)c3-c3ncc(C(F)(F)F)cc3F)c12. The molecule has 0 aliphatic carbocycles. The van der Waals surface area contributed by atoms with E-state index in [1.807, 2.05) is 0 Å². The number of alkyl halides is 3. The summed E-state index contributed by atoms with van der Waals surface area (Å²) < 4.78 is 56.1. The summed E-state index contributed by atoms with van der Waals surface area (Å²) in [5, 5.41) is 11.2. The van der Waals surface area contributed by atoms with Crippen LogP contribution in [0.25, 0.3) is 28.2 Å². The molecule has 0 aromatic carbocycles. The van der Waals surface area contributed by atoms with E-state index in [1.54, 1.807) is 18.5 Å². The predicted octanol–water partition coefficient (Wildman–Crippen LogP) is 3.09. The number of nitrogens with zero attached hydrogens (tertiary/aromatic N) is 7. The maximum Gasteiger partial charge on any atom is 0.417 e. The van der Waals surface area contributed by atoms with E-state index in [2.05, 4.69) is 30.5 Å². The summed E-state index contributed by atoms with van der Waals surface area (Å²) >= 11 is 0. The number of rotatable bonds is 3. The summed E-state index contributed by atoms with van der Waals surface area (Å²) in [6, 6.07) is 0.414. The van der Waals surface area contributed by atoms with Gasteiger partial charge in [-0.15, -0.1) is 0 Å². The Labute approximate surface area is 161 Å². The standard InChI is InChI=1S/C17H14F4N8/c1-8-27-12(15-16(22-2)24-7-26-29(8)15)10-6-25-28(3)14(10)13-11(18)4-9(5-23-13)17(19,20)21/h4-7H,1-3H3,(H,22,24,26). The third-order valence-corrected chi connectivity index (χ3v) is 4.42. The van der Waals surface area contributed by atoms with E-state index in [9.17, 15) is 17.6 Å². The van der Waals surface area contributed by atoms with E-state index in [0.717, 1.165) is 0 Å². The molecule has 29 heavy (non-hydrogen) atoms. The smallest absolute Gasteiger partial charge is 0.371 e. The molecule has 4 heterocycles. The molecule has 0 aliphatic rings. The quantitative estimate of drug-likeness (QED) is 0.527. The number of hydrogen-bond acceptors (Lipinski definition) is 6. The number of pyridine rings is 1. The molecule has 4 aromatic rings. The van der Waals surface area contributed by atoms with Gasteiger partial charge in [-0.3, -0.25) is 9.67 Å². The van der Waals surface area contributed by atoms with E-state index < -0.39 is 17.6 Å². The molecule has 0 amide bonds. The number of anilines is 1. The van der Waals surface area contributed by atoms with Crippen LogP contribution in [0.15, 0.2) is 24.8 Å². The fourth-order valence-corrected chi connectivity index (χ4v) is 3.10. The topological polar surface area (TPSA) is 85.8 Å². The minimum Gasteiger partial charge on any atom is -0.371 e. The van der Waals surface area contributed by atoms with Gasteiger partial charge in [-0.25, -0.2) is 18.9 Å². The fourth-order valence-electron chi connectivity index (χ4n) is 3.10. The highest BCUT2D eigenvalue weighted by Crippen LogP contribution is 2.37. The van der Waals surface area contributed by atoms with Crippen LogP contribution in [0.4, 0.5) is 23.4 Å². The molecule has 4 aromatic heterocycles. The first-order chi connectivity index (χ1) is 13.7. The number of hydrogen-bond donors (Lipinski definition) is 1. The van der Waals surface area contributed by atoms with Crippen LogP contribution < -0.4 is 5.32 Å². The zero-order valence-corrected chi connectivity index (χ0v) is 15.5. The van der Waals surface area contributed by atoms with Crippen molar-refractivity contribution < 1.29 is 17.6 Å². The van der Waals surface area contributed by atoms with Gasteiger partial charge in [0.25, 0.3) is 0 Å². The Bertz CT molecular complexity index is 1220. The first-order valence-corrected chi connectivity index (χ1v) is 8.36. The molecule has 0 unspecified atom stereocenters. The third-order valence-electron chi connectivity index (χ3n) is 4.42. The van der Waals surface area contributed by atoms with Crippen molar-refractivity contribution in [3.63, 3.8) is 0 Å². The average Bonchev–Trinajstić information content (AvgIpc) is 3.21. The van der Waals surface area contributed by atoms with Crippen molar-refractivity contribution in [2.75, 3.05) is 12.4 Å². The lowest BCUT2D eigenvalue weighted by Gasteiger charge is -2.10. The van der Waals surface area contributed by atoms with E-state index in [4.69, 9.17) is 0 Å². The Hall–Kier alpha value is -3.57. The van der Waals surface area contributed by atoms with Crippen LogP contribution in [0.5, 0.6) is 0 Å². The van der Waals surface area contributed by atoms with E-state index in [0.29, 0.717) is 40.7 Å². The molecule has 0 spiro atoms. The monoisotopic (exact) mass is 406 g/mol. The lowest BCUT2D eigenvalue weighted by Crippen LogP contribution is -2.08. The predicted molar refractivity (Wildman–Crippen MR) is 95.5 cm³/mol. The minimum atomic E-state index is -4.70. The number of fused-ring (bicyclic) bond motifs is 1. The Kier molecular flexibility index (Phi) is 4.21. The van der Waals surface area contributed by atoms with Crippen LogP contribution in [-0.4, -0.2) is 41.4 Å². The Morgan fingerprint density at radius 1 is 1.07 bits per heavy atom. The highest BCUT2D eigenvalue weighted by Gasteiger charge is 2.33. The molecule has 0 saturated heterocycles. The van der Waals surface area contributed by atoms with Gasteiger partial charge in [0, 0.05) is 20.3 Å². The van der Waals surface area contributed by atoms with Crippen LogP contribution in [0, 0.1) is 12.7 Å². The van der Waals surface area contributed by atoms with Gasteiger partial charge >= 0.3 is 6.18 Å². The van der Waals surface area contributed by atoms with Gasteiger partial charge in [-0.05, 0) is 13.0 Å². The zero-order valence-electron chi connectivity index (χ0n) is 15.5. The summed E-state index contributed by atoms with van der Waals surface area (Å²) in [5.41, 5.74) is 0.0506. The van der Waals surface area contributed by atoms with Crippen molar-refractivity contribution in [3.05, 3.63) is 42.0 Å². The second-order valence-corrected chi connectivity index (χ2v) is 6.21. The molecule has 0 bridgehead atoms. The number of halogens is 4. The van der Waals surface area contributed by atoms with Gasteiger partial charge in [0.15, 0.2) is 11.6 Å². The lowest BCUT2D eigenvalue weighted by molar-refractivity contribution is -0.138. The minimum absolute atomic E-state index is 0.183. The van der Waals surface area contributed by atoms with Crippen molar-refractivity contribution in [1.29, 1.82) is 0 Å².